The van der Waals surface area contributed by atoms with E-state index in [0.29, 0.717) is 5.92 Å². The largest absolute Gasteiger partial charge is 0.307 e. The minimum atomic E-state index is -0.0719. The van der Waals surface area contributed by atoms with Gasteiger partial charge in [0.1, 0.15) is 0 Å². The van der Waals surface area contributed by atoms with Crippen molar-refractivity contribution in [3.8, 4) is 0 Å². The molecule has 1 unspecified atom stereocenters. The van der Waals surface area contributed by atoms with Gasteiger partial charge >= 0.3 is 0 Å². The molecular weight excluding hydrogens is 186 g/mol. The molecule has 1 aromatic rings. The van der Waals surface area contributed by atoms with E-state index >= 15 is 0 Å². The topological polar surface area (TPSA) is 29.1 Å². The molecular formula is C13H19NO. The highest BCUT2D eigenvalue weighted by Gasteiger charge is 2.21. The zero-order valence-corrected chi connectivity index (χ0v) is 9.66. The molecule has 0 amide bonds. The summed E-state index contributed by atoms with van der Waals surface area (Å²) in [5.41, 5.74) is 0.789. The molecule has 0 aromatic heterocycles. The first-order chi connectivity index (χ1) is 7.16. The second-order valence-electron chi connectivity index (χ2n) is 4.01. The van der Waals surface area contributed by atoms with Gasteiger partial charge in [0.05, 0.1) is 6.04 Å². The Bertz CT molecular complexity index is 306. The molecule has 0 radical (unpaired) electrons. The van der Waals surface area contributed by atoms with Gasteiger partial charge in [0.15, 0.2) is 5.78 Å². The van der Waals surface area contributed by atoms with Crippen LogP contribution in [0.5, 0.6) is 0 Å². The Hall–Kier alpha value is -1.15. The molecule has 2 nitrogen and oxygen atoms in total. The minimum absolute atomic E-state index is 0.0719. The third-order valence-electron chi connectivity index (χ3n) is 2.43. The molecule has 0 aliphatic rings. The second-order valence-corrected chi connectivity index (χ2v) is 4.01. The van der Waals surface area contributed by atoms with E-state index < -0.39 is 0 Å². The SMILES string of the molecule is CCNC(C(=O)c1ccccc1)C(C)C. The molecule has 1 atom stereocenters. The Balaban J connectivity index is 2.81. The van der Waals surface area contributed by atoms with E-state index in [0.717, 1.165) is 12.1 Å². The van der Waals surface area contributed by atoms with Crippen molar-refractivity contribution in [1.82, 2.24) is 5.32 Å². The Morgan fingerprint density at radius 1 is 1.27 bits per heavy atom. The first-order valence-electron chi connectivity index (χ1n) is 5.49. The number of Topliss-reactive ketones (excluding diaryl/α,β-unsaturated/α-hetero) is 1. The normalized spacial score (nSPS) is 12.8. The summed E-state index contributed by atoms with van der Waals surface area (Å²) < 4.78 is 0. The molecule has 0 aliphatic heterocycles. The van der Waals surface area contributed by atoms with Gasteiger partial charge in [0.2, 0.25) is 0 Å². The lowest BCUT2D eigenvalue weighted by Gasteiger charge is -2.20. The summed E-state index contributed by atoms with van der Waals surface area (Å²) in [6, 6.07) is 9.39. The summed E-state index contributed by atoms with van der Waals surface area (Å²) in [6.07, 6.45) is 0. The van der Waals surface area contributed by atoms with Crippen molar-refractivity contribution < 1.29 is 4.79 Å². The highest BCUT2D eigenvalue weighted by molar-refractivity contribution is 6.00. The molecule has 1 aromatic carbocycles. The van der Waals surface area contributed by atoms with Crippen LogP contribution in [0.1, 0.15) is 31.1 Å². The van der Waals surface area contributed by atoms with Gasteiger partial charge in [-0.05, 0) is 12.5 Å². The summed E-state index contributed by atoms with van der Waals surface area (Å²) >= 11 is 0. The number of likely N-dealkylation sites (N-methyl/N-ethyl adjacent to an activating group) is 1. The predicted molar refractivity (Wildman–Crippen MR) is 63.1 cm³/mol. The summed E-state index contributed by atoms with van der Waals surface area (Å²) in [7, 11) is 0. The Kier molecular flexibility index (Phi) is 4.50. The maximum Gasteiger partial charge on any atom is 0.179 e. The highest BCUT2D eigenvalue weighted by Crippen LogP contribution is 2.10. The summed E-state index contributed by atoms with van der Waals surface area (Å²) in [6.45, 7) is 6.97. The molecule has 0 bridgehead atoms. The molecule has 0 saturated carbocycles. The smallest absolute Gasteiger partial charge is 0.179 e. The van der Waals surface area contributed by atoms with Crippen molar-refractivity contribution in [2.24, 2.45) is 5.92 Å². The lowest BCUT2D eigenvalue weighted by atomic mass is 9.95. The predicted octanol–water partition coefficient (Wildman–Crippen LogP) is 2.50. The standard InChI is InChI=1S/C13H19NO/c1-4-14-12(10(2)3)13(15)11-8-6-5-7-9-11/h5-10,12,14H,4H2,1-3H3. The van der Waals surface area contributed by atoms with E-state index in [2.05, 4.69) is 19.2 Å². The lowest BCUT2D eigenvalue weighted by Crippen LogP contribution is -2.40. The van der Waals surface area contributed by atoms with Gasteiger partial charge in [0.25, 0.3) is 0 Å². The molecule has 15 heavy (non-hydrogen) atoms. The maximum absolute atomic E-state index is 12.1. The molecule has 0 spiro atoms. The number of carbonyl (C=O) groups excluding carboxylic acids is 1. The quantitative estimate of drug-likeness (QED) is 0.748. The number of nitrogens with one attached hydrogen (secondary N) is 1. The first-order valence-corrected chi connectivity index (χ1v) is 5.49. The third-order valence-corrected chi connectivity index (χ3v) is 2.43. The zero-order valence-electron chi connectivity index (χ0n) is 9.66. The zero-order chi connectivity index (χ0) is 11.3. The highest BCUT2D eigenvalue weighted by atomic mass is 16.1. The van der Waals surface area contributed by atoms with Crippen LogP contribution >= 0.6 is 0 Å². The van der Waals surface area contributed by atoms with E-state index in [4.69, 9.17) is 0 Å². The van der Waals surface area contributed by atoms with Gasteiger partial charge in [-0.3, -0.25) is 4.79 Å². The number of benzene rings is 1. The third kappa shape index (κ3) is 3.17. The van der Waals surface area contributed by atoms with E-state index in [-0.39, 0.29) is 11.8 Å². The second kappa shape index (κ2) is 5.66. The van der Waals surface area contributed by atoms with Crippen LogP contribution < -0.4 is 5.32 Å². The van der Waals surface area contributed by atoms with Crippen molar-refractivity contribution in [1.29, 1.82) is 0 Å². The van der Waals surface area contributed by atoms with Gasteiger partial charge in [0, 0.05) is 5.56 Å². The van der Waals surface area contributed by atoms with Crippen molar-refractivity contribution in [3.63, 3.8) is 0 Å². The molecule has 0 aliphatic carbocycles. The van der Waals surface area contributed by atoms with Gasteiger partial charge in [-0.2, -0.15) is 0 Å². The monoisotopic (exact) mass is 205 g/mol. The number of ketones is 1. The van der Waals surface area contributed by atoms with Crippen LogP contribution in [0.15, 0.2) is 30.3 Å². The van der Waals surface area contributed by atoms with Gasteiger partial charge in [-0.25, -0.2) is 0 Å². The molecule has 0 fully saturated rings. The van der Waals surface area contributed by atoms with Crippen LogP contribution in [0.2, 0.25) is 0 Å². The molecule has 0 saturated heterocycles. The van der Waals surface area contributed by atoms with Crippen LogP contribution in [0.25, 0.3) is 0 Å². The Morgan fingerprint density at radius 2 is 1.87 bits per heavy atom. The van der Waals surface area contributed by atoms with Crippen LogP contribution in [-0.4, -0.2) is 18.4 Å². The van der Waals surface area contributed by atoms with Crippen LogP contribution in [0.4, 0.5) is 0 Å². The molecule has 0 heterocycles. The molecule has 2 heteroatoms. The maximum atomic E-state index is 12.1. The van der Waals surface area contributed by atoms with Gasteiger partial charge < -0.3 is 5.32 Å². The van der Waals surface area contributed by atoms with Crippen molar-refractivity contribution in [2.75, 3.05) is 6.54 Å². The molecule has 82 valence electrons. The van der Waals surface area contributed by atoms with Crippen molar-refractivity contribution in [3.05, 3.63) is 35.9 Å². The fourth-order valence-corrected chi connectivity index (χ4v) is 1.63. The number of rotatable bonds is 5. The van der Waals surface area contributed by atoms with Crippen LogP contribution in [-0.2, 0) is 0 Å². The van der Waals surface area contributed by atoms with E-state index in [1.54, 1.807) is 0 Å². The van der Waals surface area contributed by atoms with Gasteiger partial charge in [-0.15, -0.1) is 0 Å². The number of hydrogen-bond acceptors (Lipinski definition) is 2. The number of carbonyl (C=O) groups is 1. The van der Waals surface area contributed by atoms with Crippen molar-refractivity contribution in [2.45, 2.75) is 26.8 Å². The van der Waals surface area contributed by atoms with Crippen LogP contribution in [0, 0.1) is 5.92 Å². The van der Waals surface area contributed by atoms with E-state index in [9.17, 15) is 4.79 Å². The fourth-order valence-electron chi connectivity index (χ4n) is 1.63. The average Bonchev–Trinajstić information content (AvgIpc) is 2.26. The summed E-state index contributed by atoms with van der Waals surface area (Å²) in [5.74, 6) is 0.505. The van der Waals surface area contributed by atoms with E-state index in [1.807, 2.05) is 37.3 Å². The number of hydrogen-bond donors (Lipinski definition) is 1. The summed E-state index contributed by atoms with van der Waals surface area (Å²) in [5, 5.41) is 3.23. The summed E-state index contributed by atoms with van der Waals surface area (Å²) in [4.78, 5) is 12.1. The van der Waals surface area contributed by atoms with Crippen molar-refractivity contribution >= 4 is 5.78 Å². The first kappa shape index (κ1) is 11.9. The van der Waals surface area contributed by atoms with E-state index in [1.165, 1.54) is 0 Å². The minimum Gasteiger partial charge on any atom is -0.307 e. The molecule has 1 rings (SSSR count). The lowest BCUT2D eigenvalue weighted by molar-refractivity contribution is 0.0918. The fraction of sp³-hybridized carbons (Fsp3) is 0.462. The van der Waals surface area contributed by atoms with Crippen LogP contribution in [0.3, 0.4) is 0 Å². The Morgan fingerprint density at radius 3 is 2.33 bits per heavy atom. The average molecular weight is 205 g/mol. The Labute approximate surface area is 91.7 Å². The van der Waals surface area contributed by atoms with Gasteiger partial charge in [-0.1, -0.05) is 51.1 Å². The molecule has 1 N–H and O–H groups in total.